The molecule has 1 N–H and O–H groups in total. The summed E-state index contributed by atoms with van der Waals surface area (Å²) in [6.45, 7) is 3.08. The highest BCUT2D eigenvalue weighted by Gasteiger charge is 2.51. The Hall–Kier alpha value is -3.20. The number of nitrogens with one attached hydrogen (secondary N) is 1. The molecule has 0 radical (unpaired) electrons. The predicted molar refractivity (Wildman–Crippen MR) is 104 cm³/mol. The molecule has 0 bridgehead atoms. The lowest BCUT2D eigenvalue weighted by Crippen LogP contribution is -2.40. The summed E-state index contributed by atoms with van der Waals surface area (Å²) in [6.07, 6.45) is 0. The molecule has 3 aromatic rings. The SMILES string of the molecule is CC(=O)N(C)c1nc(CN2C(=O)NC(C)(c3cc4ccccc4o3)C2=O)cs1. The van der Waals surface area contributed by atoms with Gasteiger partial charge in [-0.3, -0.25) is 19.4 Å². The van der Waals surface area contributed by atoms with E-state index in [1.54, 1.807) is 25.4 Å². The van der Waals surface area contributed by atoms with Crippen LogP contribution in [-0.4, -0.2) is 34.8 Å². The molecule has 1 fully saturated rings. The van der Waals surface area contributed by atoms with Crippen LogP contribution in [0.25, 0.3) is 11.0 Å². The van der Waals surface area contributed by atoms with E-state index >= 15 is 0 Å². The molecular formula is C19H18N4O4S. The minimum absolute atomic E-state index is 0.0166. The van der Waals surface area contributed by atoms with E-state index in [0.717, 1.165) is 10.3 Å². The standard InChI is InChI=1S/C19H18N4O4S/c1-11(24)22(3)18-20-13(10-28-18)9-23-16(25)19(2,21-17(23)26)15-8-12-6-4-5-7-14(12)27-15/h4-8,10H,9H2,1-3H3,(H,21,26). The van der Waals surface area contributed by atoms with Gasteiger partial charge in [0.05, 0.1) is 12.2 Å². The van der Waals surface area contributed by atoms with Gasteiger partial charge in [-0.25, -0.2) is 9.78 Å². The number of amides is 4. The van der Waals surface area contributed by atoms with Gasteiger partial charge in [-0.1, -0.05) is 18.2 Å². The first-order valence-corrected chi connectivity index (χ1v) is 9.49. The lowest BCUT2D eigenvalue weighted by Gasteiger charge is -2.18. The normalized spacial score (nSPS) is 19.3. The predicted octanol–water partition coefficient (Wildman–Crippen LogP) is 2.84. The highest BCUT2D eigenvalue weighted by atomic mass is 32.1. The number of carbonyl (C=O) groups is 3. The summed E-state index contributed by atoms with van der Waals surface area (Å²) in [7, 11) is 1.62. The summed E-state index contributed by atoms with van der Waals surface area (Å²) in [6, 6.07) is 8.67. The van der Waals surface area contributed by atoms with E-state index in [1.807, 2.05) is 24.3 Å². The van der Waals surface area contributed by atoms with Crippen molar-refractivity contribution >= 4 is 45.3 Å². The highest BCUT2D eigenvalue weighted by molar-refractivity contribution is 7.14. The zero-order valence-corrected chi connectivity index (χ0v) is 16.4. The number of para-hydroxylation sites is 1. The van der Waals surface area contributed by atoms with E-state index in [-0.39, 0.29) is 12.5 Å². The Morgan fingerprint density at radius 3 is 2.82 bits per heavy atom. The lowest BCUT2D eigenvalue weighted by molar-refractivity contribution is -0.132. The van der Waals surface area contributed by atoms with Gasteiger partial charge in [0.2, 0.25) is 5.91 Å². The number of furan rings is 1. The quantitative estimate of drug-likeness (QED) is 0.682. The number of carbonyl (C=O) groups excluding carboxylic acids is 3. The van der Waals surface area contributed by atoms with Crippen LogP contribution in [0.3, 0.4) is 0 Å². The first-order valence-electron chi connectivity index (χ1n) is 8.61. The molecule has 1 aliphatic rings. The van der Waals surface area contributed by atoms with Gasteiger partial charge in [-0.05, 0) is 19.1 Å². The molecule has 0 spiro atoms. The number of aromatic nitrogens is 1. The summed E-state index contributed by atoms with van der Waals surface area (Å²) < 4.78 is 5.81. The summed E-state index contributed by atoms with van der Waals surface area (Å²) >= 11 is 1.28. The maximum Gasteiger partial charge on any atom is 0.325 e. The summed E-state index contributed by atoms with van der Waals surface area (Å²) in [4.78, 5) is 43.9. The Kier molecular flexibility index (Phi) is 4.19. The van der Waals surface area contributed by atoms with Crippen LogP contribution in [0.15, 0.2) is 40.1 Å². The summed E-state index contributed by atoms with van der Waals surface area (Å²) in [5.41, 5.74) is -0.105. The molecule has 144 valence electrons. The van der Waals surface area contributed by atoms with Crippen LogP contribution in [0.2, 0.25) is 0 Å². The number of anilines is 1. The number of hydrogen-bond donors (Lipinski definition) is 1. The molecule has 1 aromatic carbocycles. The van der Waals surface area contributed by atoms with Crippen LogP contribution < -0.4 is 10.2 Å². The van der Waals surface area contributed by atoms with E-state index in [9.17, 15) is 14.4 Å². The van der Waals surface area contributed by atoms with Gasteiger partial charge in [0.25, 0.3) is 5.91 Å². The smallest absolute Gasteiger partial charge is 0.325 e. The topological polar surface area (TPSA) is 95.8 Å². The molecule has 1 saturated heterocycles. The maximum atomic E-state index is 13.1. The van der Waals surface area contributed by atoms with E-state index in [2.05, 4.69) is 10.3 Å². The molecule has 2 aromatic heterocycles. The van der Waals surface area contributed by atoms with Crippen molar-refractivity contribution in [2.24, 2.45) is 0 Å². The third kappa shape index (κ3) is 2.84. The Labute approximate surface area is 164 Å². The molecule has 3 heterocycles. The van der Waals surface area contributed by atoms with E-state index in [1.165, 1.54) is 23.2 Å². The van der Waals surface area contributed by atoms with Crippen molar-refractivity contribution in [2.45, 2.75) is 25.9 Å². The zero-order chi connectivity index (χ0) is 20.1. The molecule has 9 heteroatoms. The molecule has 1 atom stereocenters. The maximum absolute atomic E-state index is 13.1. The number of imide groups is 1. The average Bonchev–Trinajstić information content (AvgIpc) is 3.35. The van der Waals surface area contributed by atoms with Gasteiger partial charge in [0.15, 0.2) is 10.7 Å². The van der Waals surface area contributed by atoms with Crippen LogP contribution in [0, 0.1) is 0 Å². The average molecular weight is 398 g/mol. The molecule has 1 unspecified atom stereocenters. The van der Waals surface area contributed by atoms with Gasteiger partial charge < -0.3 is 9.73 Å². The third-order valence-electron chi connectivity index (χ3n) is 4.81. The summed E-state index contributed by atoms with van der Waals surface area (Å²) in [5.74, 6) is -0.177. The Balaban J connectivity index is 1.59. The monoisotopic (exact) mass is 398 g/mol. The Morgan fingerprint density at radius 2 is 2.11 bits per heavy atom. The van der Waals surface area contributed by atoms with Crippen molar-refractivity contribution in [1.82, 2.24) is 15.2 Å². The molecule has 0 aliphatic carbocycles. The van der Waals surface area contributed by atoms with Crippen molar-refractivity contribution < 1.29 is 18.8 Å². The Bertz CT molecular complexity index is 1070. The van der Waals surface area contributed by atoms with Crippen molar-refractivity contribution in [1.29, 1.82) is 0 Å². The van der Waals surface area contributed by atoms with Crippen molar-refractivity contribution in [3.63, 3.8) is 0 Å². The molecule has 8 nitrogen and oxygen atoms in total. The molecule has 4 rings (SSSR count). The molecule has 1 aliphatic heterocycles. The largest absolute Gasteiger partial charge is 0.458 e. The van der Waals surface area contributed by atoms with E-state index in [4.69, 9.17) is 4.42 Å². The first kappa shape index (κ1) is 18.2. The second-order valence-electron chi connectivity index (χ2n) is 6.79. The number of rotatable bonds is 4. The van der Waals surface area contributed by atoms with Crippen LogP contribution in [0.4, 0.5) is 9.93 Å². The number of benzene rings is 1. The molecule has 0 saturated carbocycles. The van der Waals surface area contributed by atoms with Gasteiger partial charge in [-0.15, -0.1) is 11.3 Å². The van der Waals surface area contributed by atoms with E-state index in [0.29, 0.717) is 22.2 Å². The minimum Gasteiger partial charge on any atom is -0.458 e. The lowest BCUT2D eigenvalue weighted by atomic mass is 9.99. The van der Waals surface area contributed by atoms with Crippen molar-refractivity contribution in [3.05, 3.63) is 47.2 Å². The summed E-state index contributed by atoms with van der Waals surface area (Å²) in [5, 5.41) is 5.82. The fraction of sp³-hybridized carbons (Fsp3) is 0.263. The third-order valence-corrected chi connectivity index (χ3v) is 5.78. The van der Waals surface area contributed by atoms with Crippen molar-refractivity contribution in [3.8, 4) is 0 Å². The highest BCUT2D eigenvalue weighted by Crippen LogP contribution is 2.34. The molecular weight excluding hydrogens is 380 g/mol. The van der Waals surface area contributed by atoms with Gasteiger partial charge >= 0.3 is 6.03 Å². The number of nitrogens with zero attached hydrogens (tertiary/aromatic N) is 3. The molecule has 28 heavy (non-hydrogen) atoms. The van der Waals surface area contributed by atoms with Crippen LogP contribution in [0.5, 0.6) is 0 Å². The van der Waals surface area contributed by atoms with E-state index < -0.39 is 17.5 Å². The number of hydrogen-bond acceptors (Lipinski definition) is 6. The van der Waals surface area contributed by atoms with Crippen LogP contribution in [-0.2, 0) is 21.7 Å². The molecule has 4 amide bonds. The van der Waals surface area contributed by atoms with Crippen LogP contribution in [0.1, 0.15) is 25.3 Å². The van der Waals surface area contributed by atoms with Crippen molar-refractivity contribution in [2.75, 3.05) is 11.9 Å². The van der Waals surface area contributed by atoms with Gasteiger partial charge in [0.1, 0.15) is 11.3 Å². The second kappa shape index (κ2) is 6.45. The fourth-order valence-electron chi connectivity index (χ4n) is 3.06. The number of fused-ring (bicyclic) bond motifs is 1. The number of urea groups is 1. The first-order chi connectivity index (χ1) is 13.3. The van der Waals surface area contributed by atoms with Crippen LogP contribution >= 0.6 is 11.3 Å². The number of thiazole rings is 1. The fourth-order valence-corrected chi connectivity index (χ4v) is 3.88. The van der Waals surface area contributed by atoms with Gasteiger partial charge in [0, 0.05) is 24.7 Å². The Morgan fingerprint density at radius 1 is 1.36 bits per heavy atom. The second-order valence-corrected chi connectivity index (χ2v) is 7.63. The zero-order valence-electron chi connectivity index (χ0n) is 15.6. The minimum atomic E-state index is -1.29. The van der Waals surface area contributed by atoms with Gasteiger partial charge in [-0.2, -0.15) is 0 Å².